The van der Waals surface area contributed by atoms with E-state index < -0.39 is 0 Å². The molecule has 6 rings (SSSR count). The molecule has 0 spiro atoms. The maximum absolute atomic E-state index is 3.90. The van der Waals surface area contributed by atoms with Gasteiger partial charge in [-0.05, 0) is 39.4 Å². The van der Waals surface area contributed by atoms with Gasteiger partial charge in [0.2, 0.25) is 0 Å². The van der Waals surface area contributed by atoms with Gasteiger partial charge in [0.1, 0.15) is 0 Å². The van der Waals surface area contributed by atoms with Crippen molar-refractivity contribution in [3.63, 3.8) is 0 Å². The molecule has 0 fully saturated rings. The van der Waals surface area contributed by atoms with Gasteiger partial charge in [0.25, 0.3) is 0 Å². The minimum atomic E-state index is 0.0968. The van der Waals surface area contributed by atoms with Crippen LogP contribution in [0.2, 0.25) is 0 Å². The van der Waals surface area contributed by atoms with Crippen molar-refractivity contribution in [3.05, 3.63) is 154 Å². The van der Waals surface area contributed by atoms with Gasteiger partial charge in [0, 0.05) is 0 Å². The predicted molar refractivity (Wildman–Crippen MR) is 217 cm³/mol. The summed E-state index contributed by atoms with van der Waals surface area (Å²) >= 11 is 1.30. The van der Waals surface area contributed by atoms with E-state index in [0.29, 0.717) is 0 Å². The second-order valence-corrected chi connectivity index (χ2v) is 17.3. The first-order valence-corrected chi connectivity index (χ1v) is 19.6. The van der Waals surface area contributed by atoms with Gasteiger partial charge in [0.15, 0.2) is 0 Å². The van der Waals surface area contributed by atoms with E-state index in [0.717, 1.165) is 12.8 Å². The average molecular weight is 742 g/mol. The second kappa shape index (κ2) is 18.6. The molecule has 0 heterocycles. The first-order chi connectivity index (χ1) is 23.2. The van der Waals surface area contributed by atoms with Gasteiger partial charge in [-0.15, -0.1) is 23.1 Å². The third-order valence-corrected chi connectivity index (χ3v) is 8.59. The van der Waals surface area contributed by atoms with Crippen LogP contribution in [0.15, 0.2) is 85.0 Å². The third kappa shape index (κ3) is 13.0. The Morgan fingerprint density at radius 3 is 1.34 bits per heavy atom. The molecule has 0 nitrogen and oxygen atoms in total. The molecule has 0 amide bonds. The van der Waals surface area contributed by atoms with Gasteiger partial charge in [-0.2, -0.15) is 95.6 Å². The Labute approximate surface area is 322 Å². The molecule has 0 saturated heterocycles. The Morgan fingerprint density at radius 2 is 1.02 bits per heavy atom. The monoisotopic (exact) mass is 740 g/mol. The van der Waals surface area contributed by atoms with Crippen LogP contribution in [0.25, 0.3) is 11.1 Å². The molecular weight excluding hydrogens is 680 g/mol. The third-order valence-electron chi connectivity index (χ3n) is 8.59. The van der Waals surface area contributed by atoms with E-state index in [9.17, 15) is 0 Å². The Bertz CT molecular complexity index is 1560. The summed E-state index contributed by atoms with van der Waals surface area (Å²) in [6.45, 7) is 32.1. The fourth-order valence-electron chi connectivity index (χ4n) is 5.91. The normalized spacial score (nSPS) is 12.8. The zero-order valence-corrected chi connectivity index (χ0v) is 36.2. The summed E-state index contributed by atoms with van der Waals surface area (Å²) in [6.07, 6.45) is 11.0. The molecule has 0 atom stereocenters. The van der Waals surface area contributed by atoms with E-state index >= 15 is 0 Å². The molecule has 0 N–H and O–H groups in total. The van der Waals surface area contributed by atoms with Gasteiger partial charge in [-0.1, -0.05) is 120 Å². The summed E-state index contributed by atoms with van der Waals surface area (Å²) in [6, 6.07) is 33.0. The molecule has 0 bridgehead atoms. The number of hydrogen-bond acceptors (Lipinski definition) is 0. The summed E-state index contributed by atoms with van der Waals surface area (Å²) in [5, 5.41) is 0. The fraction of sp³-hybridized carbons (Fsp3) is 0.408. The van der Waals surface area contributed by atoms with E-state index in [-0.39, 0.29) is 21.7 Å². The molecule has 50 heavy (non-hydrogen) atoms. The Balaban J connectivity index is 0.000000329. The molecule has 4 aromatic carbocycles. The van der Waals surface area contributed by atoms with Crippen molar-refractivity contribution in [1.82, 2.24) is 0 Å². The zero-order valence-electron chi connectivity index (χ0n) is 33.7. The summed E-state index contributed by atoms with van der Waals surface area (Å²) in [5.74, 6) is 0. The van der Waals surface area contributed by atoms with Crippen molar-refractivity contribution < 1.29 is 24.2 Å². The van der Waals surface area contributed by atoms with E-state index in [1.54, 1.807) is 0 Å². The Morgan fingerprint density at radius 1 is 0.580 bits per heavy atom. The van der Waals surface area contributed by atoms with Gasteiger partial charge in [0.05, 0.1) is 0 Å². The molecular formula is C49H62Zr-4. The van der Waals surface area contributed by atoms with Gasteiger partial charge >= 0.3 is 28.4 Å². The average Bonchev–Trinajstić information content (AvgIpc) is 3.72. The van der Waals surface area contributed by atoms with Crippen molar-refractivity contribution in [2.24, 2.45) is 0 Å². The summed E-state index contributed by atoms with van der Waals surface area (Å²) in [7, 11) is 0. The summed E-state index contributed by atoms with van der Waals surface area (Å²) in [4.78, 5) is 0. The number of hydrogen-bond donors (Lipinski definition) is 0. The van der Waals surface area contributed by atoms with Crippen molar-refractivity contribution in [2.75, 3.05) is 0 Å². The van der Waals surface area contributed by atoms with E-state index in [1.165, 1.54) is 79.9 Å². The molecule has 2 aliphatic rings. The molecule has 0 unspecified atom stereocenters. The van der Waals surface area contributed by atoms with Crippen LogP contribution >= 0.6 is 0 Å². The maximum atomic E-state index is 3.90. The molecule has 0 radical (unpaired) electrons. The van der Waals surface area contributed by atoms with Crippen LogP contribution in [0.5, 0.6) is 0 Å². The number of allylic oxidation sites excluding steroid dienone is 4. The Hall–Kier alpha value is -2.89. The molecule has 0 aliphatic heterocycles. The van der Waals surface area contributed by atoms with Crippen molar-refractivity contribution in [2.45, 2.75) is 131 Å². The number of rotatable bonds is 0. The topological polar surface area (TPSA) is 0 Å². The molecule has 266 valence electrons. The molecule has 0 saturated carbocycles. The van der Waals surface area contributed by atoms with Crippen LogP contribution in [0.4, 0.5) is 0 Å². The minimum absolute atomic E-state index is 0.0968. The molecule has 4 aromatic rings. The zero-order chi connectivity index (χ0) is 37.9. The standard InChI is InChI=1S/C29H41.2C7H7.C5H5.CH2.Zr/c1-26(2,3)22-14-18-13-19-15-23(27(4,5)6)25(29(10,11)12)17-21(19)20(18)16-24(22)28(7,8)9;2*1-7-5-3-2-4-6-7;1-2-4-5-3-1;;/h14,16-17H,13H2,1-12H3;2*3-6H,1H3;1-3H,4H2;1H2;/q4*-1;;. The van der Waals surface area contributed by atoms with Crippen molar-refractivity contribution in [3.8, 4) is 11.1 Å². The van der Waals surface area contributed by atoms with Crippen LogP contribution in [0.3, 0.4) is 0 Å². The van der Waals surface area contributed by atoms with Crippen LogP contribution in [0, 0.1) is 38.1 Å². The van der Waals surface area contributed by atoms with Crippen LogP contribution in [-0.4, -0.2) is 4.21 Å². The number of fused-ring (bicyclic) bond motifs is 3. The SMILES string of the molecule is CC(C)(C)c1[c-]c2c(cc1C(C)(C)C)-c1cc(C(C)(C)C)c(C(C)(C)C)cc1C2.Cc1cc[c-]cc1.Cc1cc[c-]cc1.[C-]1=CC=CC1.[CH2]=[Zr]. The van der Waals surface area contributed by atoms with Crippen molar-refractivity contribution in [1.29, 1.82) is 0 Å². The van der Waals surface area contributed by atoms with Crippen LogP contribution in [0.1, 0.15) is 134 Å². The second-order valence-electron chi connectivity index (χ2n) is 17.3. The number of aryl methyl sites for hydroxylation is 2. The van der Waals surface area contributed by atoms with Gasteiger partial charge in [-0.25, -0.2) is 12.2 Å². The summed E-state index contributed by atoms with van der Waals surface area (Å²) < 4.78 is 3.34. The number of benzene rings is 4. The van der Waals surface area contributed by atoms with E-state index in [4.69, 9.17) is 0 Å². The molecule has 2 aliphatic carbocycles. The first-order valence-electron chi connectivity index (χ1n) is 17.9. The van der Waals surface area contributed by atoms with Gasteiger partial charge < -0.3 is 0 Å². The summed E-state index contributed by atoms with van der Waals surface area (Å²) in [5.41, 5.74) is 14.5. The molecule has 1 heteroatoms. The predicted octanol–water partition coefficient (Wildman–Crippen LogP) is 13.1. The Kier molecular flexibility index (Phi) is 16.1. The first kappa shape index (κ1) is 43.3. The quantitative estimate of drug-likeness (QED) is 0.139. The van der Waals surface area contributed by atoms with E-state index in [2.05, 4.69) is 150 Å². The van der Waals surface area contributed by atoms with Crippen LogP contribution in [-0.2, 0) is 52.3 Å². The van der Waals surface area contributed by atoms with Crippen LogP contribution < -0.4 is 0 Å². The van der Waals surface area contributed by atoms with Gasteiger partial charge in [-0.3, -0.25) is 6.08 Å². The molecule has 0 aromatic heterocycles. The van der Waals surface area contributed by atoms with Crippen molar-refractivity contribution >= 4 is 4.21 Å². The van der Waals surface area contributed by atoms with E-state index in [1.807, 2.05) is 60.7 Å². The fourth-order valence-corrected chi connectivity index (χ4v) is 5.91.